The molecule has 0 N–H and O–H groups in total. The van der Waals surface area contributed by atoms with Crippen LogP contribution in [0.15, 0.2) is 23.2 Å². The van der Waals surface area contributed by atoms with Gasteiger partial charge in [-0.25, -0.2) is 4.52 Å². The molecule has 0 spiro atoms. The highest BCUT2D eigenvalue weighted by atomic mass is 32.2. The highest BCUT2D eigenvalue weighted by Crippen LogP contribution is 2.25. The third kappa shape index (κ3) is 1.08. The van der Waals surface area contributed by atoms with E-state index in [0.717, 1.165) is 5.03 Å². The van der Waals surface area contributed by atoms with Gasteiger partial charge in [-0.1, -0.05) is 6.07 Å². The molecule has 0 saturated heterocycles. The van der Waals surface area contributed by atoms with Crippen molar-refractivity contribution in [3.8, 4) is 0 Å². The van der Waals surface area contributed by atoms with Crippen LogP contribution < -0.4 is 0 Å². The molecule has 2 heterocycles. The van der Waals surface area contributed by atoms with Crippen LogP contribution in [0.3, 0.4) is 0 Å². The highest BCUT2D eigenvalue weighted by molar-refractivity contribution is 7.98. The first-order valence-electron chi connectivity index (χ1n) is 4.93. The molecule has 3 heteroatoms. The SMILES string of the molecule is CSc1cc2ccc3c(n2n1)CCC3. The van der Waals surface area contributed by atoms with Gasteiger partial charge in [-0.15, -0.1) is 11.8 Å². The minimum atomic E-state index is 1.12. The van der Waals surface area contributed by atoms with Crippen LogP contribution in [0.2, 0.25) is 0 Å². The standard InChI is InChI=1S/C11H12N2S/c1-14-11-7-9-6-5-8-3-2-4-10(8)13(9)12-11/h5-7H,2-4H2,1H3. The molecule has 0 saturated carbocycles. The summed E-state index contributed by atoms with van der Waals surface area (Å²) >= 11 is 1.71. The molecule has 3 rings (SSSR count). The zero-order chi connectivity index (χ0) is 9.54. The van der Waals surface area contributed by atoms with E-state index >= 15 is 0 Å². The first kappa shape index (κ1) is 8.36. The summed E-state index contributed by atoms with van der Waals surface area (Å²) in [5.74, 6) is 0. The van der Waals surface area contributed by atoms with Gasteiger partial charge in [-0.3, -0.25) is 0 Å². The minimum absolute atomic E-state index is 1.12. The lowest BCUT2D eigenvalue weighted by molar-refractivity contribution is 0.819. The number of thioether (sulfide) groups is 1. The molecule has 0 aliphatic heterocycles. The Kier molecular flexibility index (Phi) is 1.80. The number of aromatic nitrogens is 2. The molecule has 0 bridgehead atoms. The Bertz CT molecular complexity index is 487. The fourth-order valence-electron chi connectivity index (χ4n) is 2.17. The lowest BCUT2D eigenvalue weighted by Gasteiger charge is -2.01. The van der Waals surface area contributed by atoms with Gasteiger partial charge in [-0.05, 0) is 43.2 Å². The molecule has 2 nitrogen and oxygen atoms in total. The summed E-state index contributed by atoms with van der Waals surface area (Å²) in [4.78, 5) is 0. The van der Waals surface area contributed by atoms with Gasteiger partial charge >= 0.3 is 0 Å². The predicted molar refractivity (Wildman–Crippen MR) is 59.0 cm³/mol. The van der Waals surface area contributed by atoms with E-state index < -0.39 is 0 Å². The quantitative estimate of drug-likeness (QED) is 0.664. The van der Waals surface area contributed by atoms with Crippen LogP contribution in [0.1, 0.15) is 17.7 Å². The van der Waals surface area contributed by atoms with Crippen LogP contribution in [-0.4, -0.2) is 15.9 Å². The van der Waals surface area contributed by atoms with Crippen LogP contribution >= 0.6 is 11.8 Å². The maximum absolute atomic E-state index is 4.58. The molecule has 1 aliphatic carbocycles. The molecule has 0 aromatic carbocycles. The molecular weight excluding hydrogens is 192 g/mol. The molecule has 14 heavy (non-hydrogen) atoms. The van der Waals surface area contributed by atoms with E-state index in [1.54, 1.807) is 11.8 Å². The molecule has 0 unspecified atom stereocenters. The number of nitrogens with zero attached hydrogens (tertiary/aromatic N) is 2. The fraction of sp³-hybridized carbons (Fsp3) is 0.364. The first-order chi connectivity index (χ1) is 6.88. The summed E-state index contributed by atoms with van der Waals surface area (Å²) in [6.45, 7) is 0. The van der Waals surface area contributed by atoms with E-state index in [9.17, 15) is 0 Å². The summed E-state index contributed by atoms with van der Waals surface area (Å²) in [6.07, 6.45) is 5.76. The largest absolute Gasteiger partial charge is 0.236 e. The zero-order valence-electron chi connectivity index (χ0n) is 8.16. The van der Waals surface area contributed by atoms with Crippen molar-refractivity contribution < 1.29 is 0 Å². The number of hydrogen-bond donors (Lipinski definition) is 0. The predicted octanol–water partition coefficient (Wildman–Crippen LogP) is 2.54. The van der Waals surface area contributed by atoms with Gasteiger partial charge in [0.15, 0.2) is 0 Å². The number of fused-ring (bicyclic) bond motifs is 3. The van der Waals surface area contributed by atoms with Crippen LogP contribution in [-0.2, 0) is 12.8 Å². The topological polar surface area (TPSA) is 17.3 Å². The van der Waals surface area contributed by atoms with E-state index in [-0.39, 0.29) is 0 Å². The maximum Gasteiger partial charge on any atom is 0.119 e. The van der Waals surface area contributed by atoms with E-state index in [1.165, 1.54) is 36.0 Å². The van der Waals surface area contributed by atoms with Gasteiger partial charge in [0.1, 0.15) is 5.03 Å². The molecular formula is C11H12N2S. The van der Waals surface area contributed by atoms with Crippen molar-refractivity contribution in [2.45, 2.75) is 24.3 Å². The van der Waals surface area contributed by atoms with Crippen molar-refractivity contribution in [2.24, 2.45) is 0 Å². The summed E-state index contributed by atoms with van der Waals surface area (Å²) < 4.78 is 2.12. The Labute approximate surface area is 87.3 Å². The Morgan fingerprint density at radius 1 is 1.36 bits per heavy atom. The van der Waals surface area contributed by atoms with Crippen molar-refractivity contribution in [1.29, 1.82) is 0 Å². The van der Waals surface area contributed by atoms with Crippen molar-refractivity contribution in [1.82, 2.24) is 9.61 Å². The molecule has 2 aromatic heterocycles. The van der Waals surface area contributed by atoms with Gasteiger partial charge in [0, 0.05) is 5.69 Å². The Morgan fingerprint density at radius 2 is 2.29 bits per heavy atom. The van der Waals surface area contributed by atoms with E-state index in [0.29, 0.717) is 0 Å². The van der Waals surface area contributed by atoms with E-state index in [1.807, 2.05) is 0 Å². The summed E-state index contributed by atoms with van der Waals surface area (Å²) in [5.41, 5.74) is 4.13. The second-order valence-electron chi connectivity index (χ2n) is 3.68. The number of rotatable bonds is 1. The van der Waals surface area contributed by atoms with Crippen molar-refractivity contribution in [3.05, 3.63) is 29.5 Å². The van der Waals surface area contributed by atoms with E-state index in [2.05, 4.69) is 34.1 Å². The Morgan fingerprint density at radius 3 is 3.14 bits per heavy atom. The molecule has 0 amide bonds. The first-order valence-corrected chi connectivity index (χ1v) is 6.15. The lowest BCUT2D eigenvalue weighted by Crippen LogP contribution is -1.96. The van der Waals surface area contributed by atoms with Crippen molar-refractivity contribution >= 4 is 17.3 Å². The summed E-state index contributed by atoms with van der Waals surface area (Å²) in [6, 6.07) is 6.59. The van der Waals surface area contributed by atoms with Crippen LogP contribution in [0.4, 0.5) is 0 Å². The highest BCUT2D eigenvalue weighted by Gasteiger charge is 2.15. The van der Waals surface area contributed by atoms with Gasteiger partial charge in [0.2, 0.25) is 0 Å². The molecule has 72 valence electrons. The Balaban J connectivity index is 2.31. The molecule has 0 fully saturated rings. The minimum Gasteiger partial charge on any atom is -0.236 e. The molecule has 1 aliphatic rings. The zero-order valence-corrected chi connectivity index (χ0v) is 8.97. The summed E-state index contributed by atoms with van der Waals surface area (Å²) in [5, 5.41) is 5.70. The normalized spacial score (nSPS) is 14.9. The average molecular weight is 204 g/mol. The maximum atomic E-state index is 4.58. The van der Waals surface area contributed by atoms with Gasteiger partial charge in [0.25, 0.3) is 0 Å². The van der Waals surface area contributed by atoms with Gasteiger partial charge in [-0.2, -0.15) is 5.10 Å². The second kappa shape index (κ2) is 3.02. The van der Waals surface area contributed by atoms with Gasteiger partial charge < -0.3 is 0 Å². The molecule has 0 atom stereocenters. The third-order valence-corrected chi connectivity index (χ3v) is 3.48. The Hall–Kier alpha value is -0.960. The third-order valence-electron chi connectivity index (χ3n) is 2.86. The van der Waals surface area contributed by atoms with Crippen LogP contribution in [0.5, 0.6) is 0 Å². The van der Waals surface area contributed by atoms with Crippen molar-refractivity contribution in [2.75, 3.05) is 6.26 Å². The molecule has 0 radical (unpaired) electrons. The number of hydrogen-bond acceptors (Lipinski definition) is 2. The number of aryl methyl sites for hydroxylation is 2. The van der Waals surface area contributed by atoms with Gasteiger partial charge in [0.05, 0.1) is 5.52 Å². The van der Waals surface area contributed by atoms with Crippen LogP contribution in [0.25, 0.3) is 5.52 Å². The fourth-order valence-corrected chi connectivity index (χ4v) is 2.57. The van der Waals surface area contributed by atoms with Crippen LogP contribution in [0, 0.1) is 0 Å². The second-order valence-corrected chi connectivity index (χ2v) is 4.51. The summed E-state index contributed by atoms with van der Waals surface area (Å²) in [7, 11) is 0. The van der Waals surface area contributed by atoms with Crippen molar-refractivity contribution in [3.63, 3.8) is 0 Å². The average Bonchev–Trinajstić information content (AvgIpc) is 2.82. The lowest BCUT2D eigenvalue weighted by atomic mass is 10.2. The monoisotopic (exact) mass is 204 g/mol. The number of pyridine rings is 1. The molecule has 2 aromatic rings. The van der Waals surface area contributed by atoms with E-state index in [4.69, 9.17) is 0 Å². The smallest absolute Gasteiger partial charge is 0.119 e.